The summed E-state index contributed by atoms with van der Waals surface area (Å²) >= 11 is 3.97. The number of carbonyl (C=O) groups excluding carboxylic acids is 3. The van der Waals surface area contributed by atoms with Crippen LogP contribution in [-0.2, 0) is 14.3 Å². The van der Waals surface area contributed by atoms with Gasteiger partial charge in [-0.25, -0.2) is 0 Å². The first kappa shape index (κ1) is 23.1. The third-order valence-electron chi connectivity index (χ3n) is 5.98. The quantitative estimate of drug-likeness (QED) is 0.508. The van der Waals surface area contributed by atoms with E-state index in [4.69, 9.17) is 0 Å². The molecule has 1 atom stereocenters. The third-order valence-corrected chi connectivity index (χ3v) is 6.24. The Kier molecular flexibility index (Phi) is 7.92. The van der Waals surface area contributed by atoms with Crippen molar-refractivity contribution in [2.24, 2.45) is 0 Å². The van der Waals surface area contributed by atoms with Gasteiger partial charge < -0.3 is 15.0 Å². The fourth-order valence-electron chi connectivity index (χ4n) is 4.20. The number of piperidine rings is 1. The first-order valence-corrected chi connectivity index (χ1v) is 10.9. The molecular formula is C23H29N3O4S. The molecule has 166 valence electrons. The molecule has 1 N–H and O–H groups in total. The van der Waals surface area contributed by atoms with Crippen molar-refractivity contribution in [3.8, 4) is 0 Å². The number of carbonyl (C=O) groups is 3. The molecule has 7 nitrogen and oxygen atoms in total. The molecule has 2 aromatic rings. The van der Waals surface area contributed by atoms with Gasteiger partial charge in [0, 0.05) is 25.2 Å². The molecule has 31 heavy (non-hydrogen) atoms. The molecule has 2 aromatic carbocycles. The fourth-order valence-corrected chi connectivity index (χ4v) is 4.44. The zero-order valence-corrected chi connectivity index (χ0v) is 18.8. The van der Waals surface area contributed by atoms with E-state index in [0.29, 0.717) is 0 Å². The summed E-state index contributed by atoms with van der Waals surface area (Å²) < 4.78 is 4.51. The molecule has 3 rings (SSSR count). The van der Waals surface area contributed by atoms with Crippen molar-refractivity contribution in [1.82, 2.24) is 15.1 Å². The van der Waals surface area contributed by atoms with Gasteiger partial charge in [0.05, 0.1) is 7.11 Å². The number of hydrogen-bond donors (Lipinski definition) is 2. The number of likely N-dealkylation sites (tertiary alicyclic amines) is 1. The number of fused-ring (bicyclic) bond motifs is 1. The van der Waals surface area contributed by atoms with E-state index in [2.05, 4.69) is 70.9 Å². The fraction of sp³-hybridized carbons (Fsp3) is 0.435. The van der Waals surface area contributed by atoms with E-state index >= 15 is 0 Å². The zero-order chi connectivity index (χ0) is 22.4. The lowest BCUT2D eigenvalue weighted by atomic mass is 9.95. The van der Waals surface area contributed by atoms with Gasteiger partial charge in [0.2, 0.25) is 5.91 Å². The predicted octanol–water partition coefficient (Wildman–Crippen LogP) is 3.01. The first-order valence-electron chi connectivity index (χ1n) is 10.5. The second kappa shape index (κ2) is 10.6. The highest BCUT2D eigenvalue weighted by atomic mass is 32.1. The molecule has 0 saturated carbocycles. The van der Waals surface area contributed by atoms with E-state index in [1.54, 1.807) is 0 Å². The molecule has 1 fully saturated rings. The van der Waals surface area contributed by atoms with Gasteiger partial charge in [-0.1, -0.05) is 55.1 Å². The van der Waals surface area contributed by atoms with Crippen LogP contribution in [0.1, 0.15) is 31.4 Å². The van der Waals surface area contributed by atoms with E-state index in [1.807, 2.05) is 6.07 Å². The number of methoxy groups -OCH3 is 1. The number of hydrogen-bond acceptors (Lipinski definition) is 5. The lowest BCUT2D eigenvalue weighted by molar-refractivity contribution is -0.141. The van der Waals surface area contributed by atoms with Gasteiger partial charge in [-0.3, -0.25) is 19.3 Å². The number of amides is 2. The van der Waals surface area contributed by atoms with E-state index in [1.165, 1.54) is 28.3 Å². The Morgan fingerprint density at radius 2 is 1.84 bits per heavy atom. The van der Waals surface area contributed by atoms with Gasteiger partial charge in [-0.05, 0) is 36.1 Å². The van der Waals surface area contributed by atoms with Crippen LogP contribution in [0.4, 0.5) is 4.79 Å². The van der Waals surface area contributed by atoms with Crippen molar-refractivity contribution in [2.75, 3.05) is 33.3 Å². The summed E-state index contributed by atoms with van der Waals surface area (Å²) in [5, 5.41) is 4.52. The standard InChI is InChI=1S/C23H29N3O4S/c1-16(19-9-5-7-17-6-3-4-8-20(17)19)25-12-10-18(11-13-25)26(23(29)31)15-21(27)24-14-22(28)30-2/h3-9,16,18H,10-15H2,1-2H3,(H,24,27)(H,29,31). The number of rotatable bonds is 7. The second-order valence-electron chi connectivity index (χ2n) is 7.77. The summed E-state index contributed by atoms with van der Waals surface area (Å²) in [4.78, 5) is 39.3. The molecule has 1 heterocycles. The van der Waals surface area contributed by atoms with Gasteiger partial charge >= 0.3 is 5.97 Å². The van der Waals surface area contributed by atoms with Crippen molar-refractivity contribution in [1.29, 1.82) is 0 Å². The maximum absolute atomic E-state index is 12.1. The molecule has 0 radical (unpaired) electrons. The minimum Gasteiger partial charge on any atom is -0.468 e. The number of nitrogens with zero attached hydrogens (tertiary/aromatic N) is 2. The lowest BCUT2D eigenvalue weighted by Gasteiger charge is -2.40. The zero-order valence-electron chi connectivity index (χ0n) is 17.9. The van der Waals surface area contributed by atoms with Crippen LogP contribution in [0.2, 0.25) is 0 Å². The molecule has 0 aromatic heterocycles. The molecule has 8 heteroatoms. The lowest BCUT2D eigenvalue weighted by Crippen LogP contribution is -2.50. The van der Waals surface area contributed by atoms with E-state index in [-0.39, 0.29) is 25.2 Å². The molecular weight excluding hydrogens is 414 g/mol. The van der Waals surface area contributed by atoms with E-state index in [9.17, 15) is 14.4 Å². The normalized spacial score (nSPS) is 16.0. The number of esters is 1. The maximum Gasteiger partial charge on any atom is 0.325 e. The topological polar surface area (TPSA) is 79.0 Å². The Bertz CT molecular complexity index is 938. The molecule has 1 saturated heterocycles. The largest absolute Gasteiger partial charge is 0.468 e. The van der Waals surface area contributed by atoms with Gasteiger partial charge in [0.25, 0.3) is 5.24 Å². The van der Waals surface area contributed by atoms with Crippen molar-refractivity contribution in [3.63, 3.8) is 0 Å². The van der Waals surface area contributed by atoms with Crippen LogP contribution in [-0.4, -0.2) is 66.2 Å². The molecule has 0 bridgehead atoms. The Morgan fingerprint density at radius 3 is 2.52 bits per heavy atom. The average molecular weight is 444 g/mol. The van der Waals surface area contributed by atoms with Crippen LogP contribution in [0.3, 0.4) is 0 Å². The predicted molar refractivity (Wildman–Crippen MR) is 123 cm³/mol. The smallest absolute Gasteiger partial charge is 0.325 e. The Morgan fingerprint density at radius 1 is 1.16 bits per heavy atom. The van der Waals surface area contributed by atoms with Gasteiger partial charge in [0.1, 0.15) is 13.1 Å². The molecule has 2 amide bonds. The van der Waals surface area contributed by atoms with Gasteiger partial charge in [0.15, 0.2) is 0 Å². The van der Waals surface area contributed by atoms with Crippen molar-refractivity contribution in [2.45, 2.75) is 31.8 Å². The molecule has 1 unspecified atom stereocenters. The number of benzene rings is 2. The maximum atomic E-state index is 12.1. The van der Waals surface area contributed by atoms with Crippen LogP contribution in [0.25, 0.3) is 10.8 Å². The number of nitrogens with one attached hydrogen (secondary N) is 1. The van der Waals surface area contributed by atoms with Crippen molar-refractivity contribution in [3.05, 3.63) is 48.0 Å². The van der Waals surface area contributed by atoms with Crippen LogP contribution in [0.5, 0.6) is 0 Å². The first-order chi connectivity index (χ1) is 14.9. The SMILES string of the molecule is COC(=O)CNC(=O)CN(C(=O)S)C1CCN(C(C)c2cccc3ccccc23)CC1. The number of ether oxygens (including phenoxy) is 1. The van der Waals surface area contributed by atoms with Gasteiger partial charge in [-0.15, -0.1) is 0 Å². The van der Waals surface area contributed by atoms with Crippen molar-refractivity contribution < 1.29 is 19.1 Å². The summed E-state index contributed by atoms with van der Waals surface area (Å²) in [5.41, 5.74) is 1.29. The molecule has 0 aliphatic carbocycles. The minimum atomic E-state index is -0.534. The monoisotopic (exact) mass is 443 g/mol. The Balaban J connectivity index is 1.61. The van der Waals surface area contributed by atoms with E-state index < -0.39 is 17.1 Å². The minimum absolute atomic E-state index is 0.0650. The Hall–Kier alpha value is -2.58. The average Bonchev–Trinajstić information content (AvgIpc) is 2.80. The molecule has 1 aliphatic rings. The summed E-state index contributed by atoms with van der Waals surface area (Å²) in [7, 11) is 1.26. The van der Waals surface area contributed by atoms with Crippen LogP contribution >= 0.6 is 12.6 Å². The second-order valence-corrected chi connectivity index (χ2v) is 8.16. The third kappa shape index (κ3) is 5.77. The van der Waals surface area contributed by atoms with Gasteiger partial charge in [-0.2, -0.15) is 0 Å². The number of thiol groups is 1. The summed E-state index contributed by atoms with van der Waals surface area (Å²) in [6, 6.07) is 15.0. The van der Waals surface area contributed by atoms with E-state index in [0.717, 1.165) is 25.9 Å². The van der Waals surface area contributed by atoms with Crippen LogP contribution < -0.4 is 5.32 Å². The highest BCUT2D eigenvalue weighted by Gasteiger charge is 2.30. The van der Waals surface area contributed by atoms with Crippen LogP contribution in [0, 0.1) is 0 Å². The highest BCUT2D eigenvalue weighted by Crippen LogP contribution is 2.31. The summed E-state index contributed by atoms with van der Waals surface area (Å²) in [6.07, 6.45) is 1.51. The molecule has 0 spiro atoms. The Labute approximate surface area is 188 Å². The van der Waals surface area contributed by atoms with Crippen molar-refractivity contribution >= 4 is 40.5 Å². The summed E-state index contributed by atoms with van der Waals surface area (Å²) in [6.45, 7) is 3.50. The summed E-state index contributed by atoms with van der Waals surface area (Å²) in [5.74, 6) is -0.938. The van der Waals surface area contributed by atoms with Crippen LogP contribution in [0.15, 0.2) is 42.5 Å². The molecule has 1 aliphatic heterocycles. The highest BCUT2D eigenvalue weighted by molar-refractivity contribution is 7.96.